The molecule has 2 aromatic rings. The molecule has 1 aromatic carbocycles. The maximum atomic E-state index is 9.53. The Labute approximate surface area is 79.5 Å². The van der Waals surface area contributed by atoms with Gasteiger partial charge in [0.1, 0.15) is 11.5 Å². The molecule has 0 aliphatic heterocycles. The van der Waals surface area contributed by atoms with Crippen molar-refractivity contribution in [1.29, 1.82) is 0 Å². The zero-order chi connectivity index (χ0) is 9.97. The standard InChI is InChI=1S/C8H8N4O2/c1-14-5-2-3-7(13)6(4-5)8-9-11-12-10-8/h2-4,13H,1H3,(H,9,10,11,12). The van der Waals surface area contributed by atoms with Crippen molar-refractivity contribution in [2.45, 2.75) is 0 Å². The minimum absolute atomic E-state index is 0.0900. The summed E-state index contributed by atoms with van der Waals surface area (Å²) in [5.41, 5.74) is 0.484. The van der Waals surface area contributed by atoms with Crippen molar-refractivity contribution in [2.75, 3.05) is 7.11 Å². The number of aromatic hydroxyl groups is 1. The summed E-state index contributed by atoms with van der Waals surface area (Å²) in [6.07, 6.45) is 0. The van der Waals surface area contributed by atoms with Crippen molar-refractivity contribution in [2.24, 2.45) is 0 Å². The fraction of sp³-hybridized carbons (Fsp3) is 0.125. The number of aromatic amines is 1. The summed E-state index contributed by atoms with van der Waals surface area (Å²) >= 11 is 0. The van der Waals surface area contributed by atoms with Crippen LogP contribution in [0, 0.1) is 0 Å². The van der Waals surface area contributed by atoms with E-state index in [4.69, 9.17) is 4.74 Å². The molecule has 1 aromatic heterocycles. The van der Waals surface area contributed by atoms with Crippen molar-refractivity contribution in [3.63, 3.8) is 0 Å². The second-order valence-electron chi connectivity index (χ2n) is 2.62. The van der Waals surface area contributed by atoms with E-state index >= 15 is 0 Å². The number of nitrogens with one attached hydrogen (secondary N) is 1. The summed E-state index contributed by atoms with van der Waals surface area (Å²) in [5, 5.41) is 22.8. The van der Waals surface area contributed by atoms with Gasteiger partial charge in [0.05, 0.1) is 12.7 Å². The molecular weight excluding hydrogens is 184 g/mol. The molecule has 0 spiro atoms. The molecule has 72 valence electrons. The summed E-state index contributed by atoms with van der Waals surface area (Å²) in [6, 6.07) is 4.81. The van der Waals surface area contributed by atoms with Gasteiger partial charge in [-0.25, -0.2) is 0 Å². The SMILES string of the molecule is COc1ccc(O)c(-c2nn[nH]n2)c1. The lowest BCUT2D eigenvalue weighted by Gasteiger charge is -2.02. The third-order valence-electron chi connectivity index (χ3n) is 1.79. The molecule has 0 radical (unpaired) electrons. The van der Waals surface area contributed by atoms with E-state index in [9.17, 15) is 5.11 Å². The van der Waals surface area contributed by atoms with Crippen LogP contribution < -0.4 is 4.74 Å². The smallest absolute Gasteiger partial charge is 0.208 e. The van der Waals surface area contributed by atoms with E-state index in [1.54, 1.807) is 19.2 Å². The molecule has 0 atom stereocenters. The highest BCUT2D eigenvalue weighted by Crippen LogP contribution is 2.29. The summed E-state index contributed by atoms with van der Waals surface area (Å²) in [6.45, 7) is 0. The number of methoxy groups -OCH3 is 1. The fourth-order valence-electron chi connectivity index (χ4n) is 1.10. The predicted octanol–water partition coefficient (Wildman–Crippen LogP) is 0.581. The molecule has 0 fully saturated rings. The Kier molecular flexibility index (Phi) is 2.02. The second kappa shape index (κ2) is 3.33. The van der Waals surface area contributed by atoms with E-state index in [1.165, 1.54) is 6.07 Å². The highest BCUT2D eigenvalue weighted by molar-refractivity contribution is 5.64. The van der Waals surface area contributed by atoms with Crippen LogP contribution in [0.3, 0.4) is 0 Å². The highest BCUT2D eigenvalue weighted by Gasteiger charge is 2.09. The van der Waals surface area contributed by atoms with Crippen LogP contribution in [-0.4, -0.2) is 32.8 Å². The molecular formula is C8H8N4O2. The monoisotopic (exact) mass is 192 g/mol. The molecule has 0 amide bonds. The molecule has 0 unspecified atom stereocenters. The van der Waals surface area contributed by atoms with Crippen molar-refractivity contribution in [3.8, 4) is 22.9 Å². The zero-order valence-corrected chi connectivity index (χ0v) is 7.43. The van der Waals surface area contributed by atoms with Gasteiger partial charge in [0.25, 0.3) is 0 Å². The van der Waals surface area contributed by atoms with Crippen LogP contribution in [0.4, 0.5) is 0 Å². The molecule has 1 heterocycles. The minimum Gasteiger partial charge on any atom is -0.507 e. The first-order valence-electron chi connectivity index (χ1n) is 3.92. The Hall–Kier alpha value is -2.11. The lowest BCUT2D eigenvalue weighted by molar-refractivity contribution is 0.412. The number of hydrogen-bond donors (Lipinski definition) is 2. The Balaban J connectivity index is 2.51. The quantitative estimate of drug-likeness (QED) is 0.727. The first-order chi connectivity index (χ1) is 6.81. The van der Waals surface area contributed by atoms with Gasteiger partial charge in [0.15, 0.2) is 0 Å². The predicted molar refractivity (Wildman–Crippen MR) is 47.8 cm³/mol. The largest absolute Gasteiger partial charge is 0.507 e. The van der Waals surface area contributed by atoms with E-state index in [0.717, 1.165) is 0 Å². The molecule has 0 aliphatic carbocycles. The van der Waals surface area contributed by atoms with Crippen LogP contribution in [0.5, 0.6) is 11.5 Å². The van der Waals surface area contributed by atoms with Crippen molar-refractivity contribution >= 4 is 0 Å². The highest BCUT2D eigenvalue weighted by atomic mass is 16.5. The molecule has 2 N–H and O–H groups in total. The Morgan fingerprint density at radius 1 is 1.43 bits per heavy atom. The molecule has 0 bridgehead atoms. The number of nitrogens with zero attached hydrogens (tertiary/aromatic N) is 3. The van der Waals surface area contributed by atoms with Gasteiger partial charge in [-0.05, 0) is 23.4 Å². The van der Waals surface area contributed by atoms with Gasteiger partial charge in [0.2, 0.25) is 5.82 Å². The summed E-state index contributed by atoms with van der Waals surface area (Å²) in [4.78, 5) is 0. The number of H-pyrrole nitrogens is 1. The van der Waals surface area contributed by atoms with E-state index in [2.05, 4.69) is 20.6 Å². The second-order valence-corrected chi connectivity index (χ2v) is 2.62. The summed E-state index contributed by atoms with van der Waals surface area (Å²) in [7, 11) is 1.55. The van der Waals surface area contributed by atoms with Crippen LogP contribution in [0.1, 0.15) is 0 Å². The van der Waals surface area contributed by atoms with Crippen molar-refractivity contribution in [3.05, 3.63) is 18.2 Å². The third-order valence-corrected chi connectivity index (χ3v) is 1.79. The Bertz CT molecular complexity index is 427. The third kappa shape index (κ3) is 1.37. The lowest BCUT2D eigenvalue weighted by atomic mass is 10.2. The maximum absolute atomic E-state index is 9.53. The molecule has 0 saturated heterocycles. The van der Waals surface area contributed by atoms with Crippen LogP contribution >= 0.6 is 0 Å². The van der Waals surface area contributed by atoms with Crippen LogP contribution in [-0.2, 0) is 0 Å². The van der Waals surface area contributed by atoms with E-state index in [1.807, 2.05) is 0 Å². The molecule has 14 heavy (non-hydrogen) atoms. The van der Waals surface area contributed by atoms with Gasteiger partial charge in [-0.1, -0.05) is 0 Å². The maximum Gasteiger partial charge on any atom is 0.208 e. The van der Waals surface area contributed by atoms with Gasteiger partial charge >= 0.3 is 0 Å². The zero-order valence-electron chi connectivity index (χ0n) is 7.43. The summed E-state index contributed by atoms with van der Waals surface area (Å²) in [5.74, 6) is 1.05. The van der Waals surface area contributed by atoms with Gasteiger partial charge in [-0.2, -0.15) is 5.21 Å². The average molecular weight is 192 g/mol. The molecule has 6 heteroatoms. The van der Waals surface area contributed by atoms with E-state index in [-0.39, 0.29) is 5.75 Å². The van der Waals surface area contributed by atoms with Gasteiger partial charge in [-0.15, -0.1) is 10.2 Å². The van der Waals surface area contributed by atoms with Gasteiger partial charge < -0.3 is 9.84 Å². The van der Waals surface area contributed by atoms with Gasteiger partial charge in [-0.3, -0.25) is 0 Å². The topological polar surface area (TPSA) is 83.9 Å². The molecule has 0 saturated carbocycles. The number of rotatable bonds is 2. The minimum atomic E-state index is 0.0900. The van der Waals surface area contributed by atoms with Gasteiger partial charge in [0, 0.05) is 0 Å². The molecule has 6 nitrogen and oxygen atoms in total. The number of aromatic nitrogens is 4. The first kappa shape index (κ1) is 8.49. The first-order valence-corrected chi connectivity index (χ1v) is 3.92. The average Bonchev–Trinajstić information content (AvgIpc) is 2.71. The van der Waals surface area contributed by atoms with Crippen molar-refractivity contribution in [1.82, 2.24) is 20.6 Å². The number of phenolic OH excluding ortho intramolecular Hbond substituents is 1. The number of ether oxygens (including phenoxy) is 1. The van der Waals surface area contributed by atoms with Crippen LogP contribution in [0.2, 0.25) is 0 Å². The van der Waals surface area contributed by atoms with Crippen LogP contribution in [0.15, 0.2) is 18.2 Å². The Morgan fingerprint density at radius 2 is 2.29 bits per heavy atom. The van der Waals surface area contributed by atoms with E-state index < -0.39 is 0 Å². The number of phenols is 1. The normalized spacial score (nSPS) is 10.1. The number of tetrazole rings is 1. The number of hydrogen-bond acceptors (Lipinski definition) is 5. The summed E-state index contributed by atoms with van der Waals surface area (Å²) < 4.78 is 5.01. The van der Waals surface area contributed by atoms with Crippen molar-refractivity contribution < 1.29 is 9.84 Å². The molecule has 2 rings (SSSR count). The molecule has 0 aliphatic rings. The lowest BCUT2D eigenvalue weighted by Crippen LogP contribution is -1.86. The van der Waals surface area contributed by atoms with Crippen LogP contribution in [0.25, 0.3) is 11.4 Å². The Morgan fingerprint density at radius 3 is 2.93 bits per heavy atom. The fourth-order valence-corrected chi connectivity index (χ4v) is 1.10. The van der Waals surface area contributed by atoms with E-state index in [0.29, 0.717) is 17.1 Å². The number of benzene rings is 1.